The van der Waals surface area contributed by atoms with Gasteiger partial charge in [0.15, 0.2) is 18.9 Å². The fourth-order valence-electron chi connectivity index (χ4n) is 10.2. The standard InChI is InChI=1S/C64H115N7O29/c1-63(2,3)43(75)14-10-18-50(82)71-64(37-92-31-19-47(79)68-25-11-22-65-44(76)15-4-7-28-95-60-57(89)54(86)51(83)40(34-72)98-60,38-93-32-20-48(80)69-26-12-23-66-45(77)16-5-8-29-96-61-58(90)55(87)52(84)41(35-73)99-61)39-94-33-21-49(81)70-27-13-24-67-46(78)17-6-9-30-97-62-59(91)56(88)53(85)42(36-74)100-62/h40-42,51-62,72-74,83-91H,4-39H2,1-3H3,(H,65,76)(H,66,77)(H,67,78)(H,68,79)(H,69,80)(H,70,81)(H,71,82)/t40?,41?,42?,51-,52-,53-,54+,55?,56?,57?,58-,59-,60+,61+,62+,64?/m1/s1. The van der Waals surface area contributed by atoms with E-state index in [1.807, 2.05) is 0 Å². The highest BCUT2D eigenvalue weighted by Crippen LogP contribution is 2.26. The summed E-state index contributed by atoms with van der Waals surface area (Å²) in [6.07, 6.45) is -17.1. The highest BCUT2D eigenvalue weighted by atomic mass is 16.7. The molecule has 0 aromatic carbocycles. The van der Waals surface area contributed by atoms with E-state index in [2.05, 4.69) is 37.2 Å². The average molecular weight is 1450 g/mol. The lowest BCUT2D eigenvalue weighted by molar-refractivity contribution is -0.301. The van der Waals surface area contributed by atoms with E-state index in [1.54, 1.807) is 20.8 Å². The summed E-state index contributed by atoms with van der Waals surface area (Å²) in [5.74, 6) is -2.44. The van der Waals surface area contributed by atoms with Crippen LogP contribution >= 0.6 is 0 Å². The van der Waals surface area contributed by atoms with Gasteiger partial charge in [0.05, 0.1) is 59.5 Å². The number of Topliss-reactive ketones (excluding diaryl/α,β-unsaturated/α-hetero) is 1. The minimum Gasteiger partial charge on any atom is -0.394 e. The fraction of sp³-hybridized carbons (Fsp3) is 0.875. The van der Waals surface area contributed by atoms with Crippen molar-refractivity contribution >= 4 is 47.1 Å². The van der Waals surface area contributed by atoms with Crippen LogP contribution in [-0.2, 0) is 81.0 Å². The molecule has 7 amide bonds. The van der Waals surface area contributed by atoms with Crippen LogP contribution in [0.2, 0.25) is 0 Å². The number of hydrogen-bond acceptors (Lipinski definition) is 29. The van der Waals surface area contributed by atoms with Crippen LogP contribution in [0.1, 0.15) is 136 Å². The van der Waals surface area contributed by atoms with E-state index < -0.39 is 129 Å². The topological polar surface area (TPSA) is 547 Å². The van der Waals surface area contributed by atoms with Gasteiger partial charge in [0.25, 0.3) is 0 Å². The largest absolute Gasteiger partial charge is 0.394 e. The summed E-state index contributed by atoms with van der Waals surface area (Å²) >= 11 is 0. The summed E-state index contributed by atoms with van der Waals surface area (Å²) in [7, 11) is 0. The molecule has 0 saturated carbocycles. The summed E-state index contributed by atoms with van der Waals surface area (Å²) in [5, 5.41) is 138. The van der Waals surface area contributed by atoms with E-state index in [-0.39, 0.29) is 198 Å². The lowest BCUT2D eigenvalue weighted by Crippen LogP contribution is -2.59. The van der Waals surface area contributed by atoms with Crippen molar-refractivity contribution in [2.75, 3.05) is 119 Å². The lowest BCUT2D eigenvalue weighted by atomic mass is 9.88. The third kappa shape index (κ3) is 35.1. The van der Waals surface area contributed by atoms with Gasteiger partial charge in [-0.15, -0.1) is 0 Å². The Morgan fingerprint density at radius 1 is 0.320 bits per heavy atom. The quantitative estimate of drug-likeness (QED) is 0.0252. The molecule has 0 aromatic heterocycles. The zero-order chi connectivity index (χ0) is 74.0. The Morgan fingerprint density at radius 2 is 0.590 bits per heavy atom. The van der Waals surface area contributed by atoms with Crippen molar-refractivity contribution in [3.05, 3.63) is 0 Å². The third-order valence-electron chi connectivity index (χ3n) is 16.4. The molecule has 36 nitrogen and oxygen atoms in total. The highest BCUT2D eigenvalue weighted by molar-refractivity contribution is 5.84. The van der Waals surface area contributed by atoms with Crippen LogP contribution in [0.25, 0.3) is 0 Å². The molecule has 0 aromatic rings. The molecule has 0 bridgehead atoms. The molecule has 580 valence electrons. The van der Waals surface area contributed by atoms with Crippen LogP contribution in [0, 0.1) is 5.41 Å². The van der Waals surface area contributed by atoms with Gasteiger partial charge in [-0.3, -0.25) is 38.4 Å². The molecule has 0 aliphatic carbocycles. The van der Waals surface area contributed by atoms with Crippen molar-refractivity contribution in [3.8, 4) is 0 Å². The summed E-state index contributed by atoms with van der Waals surface area (Å²) in [5.41, 5.74) is -2.10. The first kappa shape index (κ1) is 89.3. The Balaban J connectivity index is 1.49. The molecule has 6 unspecified atom stereocenters. The molecule has 15 atom stereocenters. The number of aliphatic hydroxyl groups excluding tert-OH is 12. The maximum absolute atomic E-state index is 13.7. The van der Waals surface area contributed by atoms with Crippen molar-refractivity contribution in [2.45, 2.75) is 234 Å². The number of ether oxygens (including phenoxy) is 9. The molecular weight excluding hydrogens is 1330 g/mol. The second-order valence-corrected chi connectivity index (χ2v) is 26.0. The van der Waals surface area contributed by atoms with E-state index in [0.717, 1.165) is 0 Å². The van der Waals surface area contributed by atoms with Gasteiger partial charge in [0, 0.05) is 116 Å². The van der Waals surface area contributed by atoms with Gasteiger partial charge in [-0.25, -0.2) is 0 Å². The second-order valence-electron chi connectivity index (χ2n) is 26.0. The number of carbonyl (C=O) groups excluding carboxylic acids is 8. The lowest BCUT2D eigenvalue weighted by Gasteiger charge is -2.39. The number of unbranched alkanes of at least 4 members (excludes halogenated alkanes) is 3. The van der Waals surface area contributed by atoms with E-state index in [0.29, 0.717) is 57.8 Å². The van der Waals surface area contributed by atoms with Crippen LogP contribution in [-0.4, -0.2) is 325 Å². The molecule has 36 heteroatoms. The molecular formula is C64H115N7O29. The van der Waals surface area contributed by atoms with E-state index in [9.17, 15) is 99.6 Å². The Hall–Kier alpha value is -4.88. The molecule has 3 fully saturated rings. The van der Waals surface area contributed by atoms with Gasteiger partial charge in [0.1, 0.15) is 84.6 Å². The number of aliphatic hydroxyl groups is 12. The third-order valence-corrected chi connectivity index (χ3v) is 16.4. The summed E-state index contributed by atoms with van der Waals surface area (Å²) in [6.45, 7) is 3.85. The highest BCUT2D eigenvalue weighted by Gasteiger charge is 2.46. The van der Waals surface area contributed by atoms with E-state index >= 15 is 0 Å². The van der Waals surface area contributed by atoms with Crippen LogP contribution in [0.15, 0.2) is 0 Å². The molecule has 19 N–H and O–H groups in total. The normalized spacial score (nSPS) is 26.0. The first-order chi connectivity index (χ1) is 47.7. The van der Waals surface area contributed by atoms with Gasteiger partial charge in [-0.05, 0) is 64.2 Å². The molecule has 0 radical (unpaired) electrons. The van der Waals surface area contributed by atoms with Crippen LogP contribution in [0.5, 0.6) is 0 Å². The van der Waals surface area contributed by atoms with E-state index in [4.69, 9.17) is 42.6 Å². The van der Waals surface area contributed by atoms with Gasteiger partial charge in [-0.1, -0.05) is 20.8 Å². The SMILES string of the molecule is CC(C)(C)C(=O)CCCC(=O)NC(COCCC(=O)NCCCNC(=O)CCCCO[C@H]1OC(CO)[C@@H](O)[C@H](O)C1O)(COCCC(=O)NCCCNC(=O)CCCCO[C@H]1OC(CO)[C@@H](O)C(O)[C@H]1O)COCCC(=O)NCCCNC(=O)CCCCO[C@H]1OC(CO)[C@@H](O)C(O)[C@H]1O. The minimum atomic E-state index is -1.57. The summed E-state index contributed by atoms with van der Waals surface area (Å²) in [4.78, 5) is 103. The Morgan fingerprint density at radius 3 is 0.860 bits per heavy atom. The number of amides is 7. The predicted octanol–water partition coefficient (Wildman–Crippen LogP) is -6.33. The number of ketones is 1. The van der Waals surface area contributed by atoms with Crippen molar-refractivity contribution in [1.82, 2.24) is 37.2 Å². The number of hydrogen-bond donors (Lipinski definition) is 19. The maximum atomic E-state index is 13.7. The molecule has 3 aliphatic heterocycles. The Kier molecular flexibility index (Phi) is 44.4. The van der Waals surface area contributed by atoms with Gasteiger partial charge in [0.2, 0.25) is 41.4 Å². The van der Waals surface area contributed by atoms with Crippen molar-refractivity contribution in [2.24, 2.45) is 5.41 Å². The molecule has 100 heavy (non-hydrogen) atoms. The molecule has 0 spiro atoms. The van der Waals surface area contributed by atoms with Crippen LogP contribution < -0.4 is 37.2 Å². The molecule has 3 rings (SSSR count). The maximum Gasteiger partial charge on any atom is 0.222 e. The summed E-state index contributed by atoms with van der Waals surface area (Å²) < 4.78 is 50.3. The average Bonchev–Trinajstić information content (AvgIpc) is 0.830. The van der Waals surface area contributed by atoms with Crippen LogP contribution in [0.3, 0.4) is 0 Å². The smallest absolute Gasteiger partial charge is 0.222 e. The molecule has 3 saturated heterocycles. The van der Waals surface area contributed by atoms with E-state index in [1.165, 1.54) is 0 Å². The zero-order valence-electron chi connectivity index (χ0n) is 57.9. The fourth-order valence-corrected chi connectivity index (χ4v) is 10.2. The van der Waals surface area contributed by atoms with Gasteiger partial charge in [-0.2, -0.15) is 0 Å². The molecule has 3 heterocycles. The zero-order valence-corrected chi connectivity index (χ0v) is 57.9. The molecule has 3 aliphatic rings. The summed E-state index contributed by atoms with van der Waals surface area (Å²) in [6, 6.07) is 0. The first-order valence-electron chi connectivity index (χ1n) is 34.6. The number of nitrogens with one attached hydrogen (secondary N) is 7. The number of rotatable bonds is 53. The van der Waals surface area contributed by atoms with Crippen LogP contribution in [0.4, 0.5) is 0 Å². The second kappa shape index (κ2) is 49.7. The van der Waals surface area contributed by atoms with Crippen molar-refractivity contribution in [1.29, 1.82) is 0 Å². The van der Waals surface area contributed by atoms with Crippen molar-refractivity contribution in [3.63, 3.8) is 0 Å². The van der Waals surface area contributed by atoms with Gasteiger partial charge < -0.3 is 141 Å². The first-order valence-corrected chi connectivity index (χ1v) is 34.6. The number of carbonyl (C=O) groups is 8. The Bertz CT molecular complexity index is 2150. The van der Waals surface area contributed by atoms with Crippen molar-refractivity contribution < 1.29 is 142 Å². The van der Waals surface area contributed by atoms with Gasteiger partial charge >= 0.3 is 0 Å². The predicted molar refractivity (Wildman–Crippen MR) is 348 cm³/mol. The Labute approximate surface area is 582 Å². The minimum absolute atomic E-state index is 0.0487. The monoisotopic (exact) mass is 1450 g/mol.